The van der Waals surface area contributed by atoms with Gasteiger partial charge in [0.1, 0.15) is 11.5 Å². The predicted molar refractivity (Wildman–Crippen MR) is 85.3 cm³/mol. The molecule has 0 radical (unpaired) electrons. The van der Waals surface area contributed by atoms with Crippen LogP contribution in [0, 0.1) is 11.6 Å². The third-order valence-corrected chi connectivity index (χ3v) is 3.48. The van der Waals surface area contributed by atoms with Crippen LogP contribution in [0.25, 0.3) is 0 Å². The van der Waals surface area contributed by atoms with Crippen LogP contribution >= 0.6 is 0 Å². The molecule has 2 heterocycles. The Hall–Kier alpha value is -3.43. The first kappa shape index (κ1) is 18.4. The van der Waals surface area contributed by atoms with Gasteiger partial charge in [0.05, 0.1) is 0 Å². The lowest BCUT2D eigenvalue weighted by Crippen LogP contribution is -2.26. The number of ether oxygens (including phenoxy) is 1. The van der Waals surface area contributed by atoms with Crippen molar-refractivity contribution in [1.29, 1.82) is 0 Å². The van der Waals surface area contributed by atoms with Crippen molar-refractivity contribution < 1.29 is 27.1 Å². The second kappa shape index (κ2) is 7.85. The van der Waals surface area contributed by atoms with Crippen molar-refractivity contribution in [3.8, 4) is 11.6 Å². The Morgan fingerprint density at radius 3 is 2.74 bits per heavy atom. The summed E-state index contributed by atoms with van der Waals surface area (Å²) < 4.78 is 57.9. The number of alkyl halides is 2. The van der Waals surface area contributed by atoms with Gasteiger partial charge in [-0.2, -0.15) is 18.6 Å². The number of hydrogen-bond donors (Lipinski definition) is 1. The number of benzene rings is 1. The lowest BCUT2D eigenvalue weighted by molar-refractivity contribution is 0.0509. The number of nitrogens with one attached hydrogen (secondary N) is 1. The molecular weight excluding hydrogens is 368 g/mol. The molecule has 0 bridgehead atoms. The van der Waals surface area contributed by atoms with Gasteiger partial charge in [-0.3, -0.25) is 4.79 Å². The summed E-state index contributed by atoms with van der Waals surface area (Å²) in [7, 11) is 0. The zero-order valence-electron chi connectivity index (χ0n) is 13.6. The number of carbonyl (C=O) groups is 1. The van der Waals surface area contributed by atoms with Crippen molar-refractivity contribution in [1.82, 2.24) is 20.1 Å². The van der Waals surface area contributed by atoms with E-state index >= 15 is 0 Å². The summed E-state index contributed by atoms with van der Waals surface area (Å²) >= 11 is 0. The molecule has 0 spiro atoms. The van der Waals surface area contributed by atoms with Gasteiger partial charge in [0.2, 0.25) is 5.88 Å². The zero-order chi connectivity index (χ0) is 19.4. The summed E-state index contributed by atoms with van der Waals surface area (Å²) in [6.07, 6.45) is 2.46. The molecular formula is C17H12F4N4O2. The van der Waals surface area contributed by atoms with Crippen molar-refractivity contribution in [2.24, 2.45) is 0 Å². The molecule has 1 aromatic carbocycles. The predicted octanol–water partition coefficient (Wildman–Crippen LogP) is 3.67. The molecule has 140 valence electrons. The van der Waals surface area contributed by atoms with Crippen LogP contribution in [-0.4, -0.2) is 20.7 Å². The van der Waals surface area contributed by atoms with Crippen LogP contribution in [0.4, 0.5) is 17.6 Å². The zero-order valence-corrected chi connectivity index (χ0v) is 13.6. The van der Waals surface area contributed by atoms with E-state index in [1.807, 2.05) is 0 Å². The summed E-state index contributed by atoms with van der Waals surface area (Å²) in [6, 6.07) is 7.03. The van der Waals surface area contributed by atoms with Crippen molar-refractivity contribution >= 4 is 5.91 Å². The Balaban J connectivity index is 1.74. The van der Waals surface area contributed by atoms with Gasteiger partial charge < -0.3 is 10.1 Å². The largest absolute Gasteiger partial charge is 0.436 e. The fraction of sp³-hybridized carbons (Fsp3) is 0.118. The Kier molecular flexibility index (Phi) is 5.34. The average Bonchev–Trinajstić information content (AvgIpc) is 3.13. The molecule has 0 saturated heterocycles. The van der Waals surface area contributed by atoms with Gasteiger partial charge in [-0.1, -0.05) is 6.07 Å². The Morgan fingerprint density at radius 1 is 1.19 bits per heavy atom. The maximum atomic E-state index is 13.7. The van der Waals surface area contributed by atoms with Crippen LogP contribution in [-0.2, 0) is 6.54 Å². The number of aromatic nitrogens is 3. The fourth-order valence-corrected chi connectivity index (χ4v) is 2.23. The van der Waals surface area contributed by atoms with Gasteiger partial charge >= 0.3 is 6.55 Å². The summed E-state index contributed by atoms with van der Waals surface area (Å²) in [4.78, 5) is 16.0. The van der Waals surface area contributed by atoms with E-state index in [1.54, 1.807) is 12.1 Å². The highest BCUT2D eigenvalue weighted by Crippen LogP contribution is 2.26. The first-order valence-electron chi connectivity index (χ1n) is 7.62. The van der Waals surface area contributed by atoms with E-state index in [-0.39, 0.29) is 28.5 Å². The molecule has 1 N–H and O–H groups in total. The molecule has 0 aliphatic carbocycles. The highest BCUT2D eigenvalue weighted by atomic mass is 19.3. The topological polar surface area (TPSA) is 69.0 Å². The van der Waals surface area contributed by atoms with Gasteiger partial charge in [-0.15, -0.1) is 0 Å². The lowest BCUT2D eigenvalue weighted by atomic mass is 10.2. The minimum Gasteiger partial charge on any atom is -0.436 e. The van der Waals surface area contributed by atoms with Crippen LogP contribution < -0.4 is 10.1 Å². The van der Waals surface area contributed by atoms with Gasteiger partial charge in [0.25, 0.3) is 5.91 Å². The van der Waals surface area contributed by atoms with Gasteiger partial charge in [0, 0.05) is 30.6 Å². The molecule has 0 aliphatic rings. The molecule has 0 saturated carbocycles. The molecule has 27 heavy (non-hydrogen) atoms. The maximum Gasteiger partial charge on any atom is 0.333 e. The van der Waals surface area contributed by atoms with Crippen LogP contribution in [0.15, 0.2) is 48.8 Å². The van der Waals surface area contributed by atoms with E-state index < -0.39 is 24.1 Å². The summed E-state index contributed by atoms with van der Waals surface area (Å²) in [6.45, 7) is -3.08. The first-order valence-corrected chi connectivity index (χ1v) is 7.62. The third-order valence-electron chi connectivity index (χ3n) is 3.48. The second-order valence-corrected chi connectivity index (χ2v) is 5.27. The van der Waals surface area contributed by atoms with E-state index in [0.29, 0.717) is 11.6 Å². The van der Waals surface area contributed by atoms with Crippen molar-refractivity contribution in [3.05, 3.63) is 71.7 Å². The van der Waals surface area contributed by atoms with Crippen molar-refractivity contribution in [2.75, 3.05) is 0 Å². The van der Waals surface area contributed by atoms with Crippen molar-refractivity contribution in [2.45, 2.75) is 13.1 Å². The number of amides is 1. The molecule has 1 amide bonds. The van der Waals surface area contributed by atoms with E-state index in [2.05, 4.69) is 15.4 Å². The minimum absolute atomic E-state index is 0.0225. The molecule has 0 aliphatic heterocycles. The van der Waals surface area contributed by atoms with Crippen LogP contribution in [0.3, 0.4) is 0 Å². The molecule has 0 atom stereocenters. The fourth-order valence-electron chi connectivity index (χ4n) is 2.23. The normalized spacial score (nSPS) is 10.9. The Bertz CT molecular complexity index is 962. The second-order valence-electron chi connectivity index (χ2n) is 5.27. The van der Waals surface area contributed by atoms with E-state index in [4.69, 9.17) is 4.74 Å². The van der Waals surface area contributed by atoms with Gasteiger partial charge in [0.15, 0.2) is 11.6 Å². The molecule has 3 aromatic rings. The summed E-state index contributed by atoms with van der Waals surface area (Å²) in [5, 5.41) is 5.82. The van der Waals surface area contributed by atoms with Crippen LogP contribution in [0.5, 0.6) is 11.6 Å². The van der Waals surface area contributed by atoms with Crippen molar-refractivity contribution in [3.63, 3.8) is 0 Å². The van der Waals surface area contributed by atoms with Crippen LogP contribution in [0.2, 0.25) is 0 Å². The van der Waals surface area contributed by atoms with E-state index in [0.717, 1.165) is 24.4 Å². The molecule has 0 fully saturated rings. The number of carbonyl (C=O) groups excluding carboxylic acids is 1. The highest BCUT2D eigenvalue weighted by Gasteiger charge is 2.18. The number of halogens is 4. The maximum absolute atomic E-state index is 13.7. The summed E-state index contributed by atoms with van der Waals surface area (Å²) in [5.74, 6) is -2.74. The smallest absolute Gasteiger partial charge is 0.333 e. The SMILES string of the molecule is O=C(NCc1cccnc1Oc1ccc(F)cc1F)c1ccnn1C(F)F. The lowest BCUT2D eigenvalue weighted by Gasteiger charge is -2.12. The molecule has 6 nitrogen and oxygen atoms in total. The number of nitrogens with zero attached hydrogens (tertiary/aromatic N) is 3. The van der Waals surface area contributed by atoms with E-state index in [1.165, 1.54) is 6.20 Å². The first-order chi connectivity index (χ1) is 13.0. The quantitative estimate of drug-likeness (QED) is 0.663. The molecule has 3 rings (SSSR count). The number of hydrogen-bond acceptors (Lipinski definition) is 4. The summed E-state index contributed by atoms with van der Waals surface area (Å²) in [5.41, 5.74) is 0.0404. The third kappa shape index (κ3) is 4.22. The van der Waals surface area contributed by atoms with Gasteiger partial charge in [-0.05, 0) is 24.3 Å². The molecule has 0 unspecified atom stereocenters. The van der Waals surface area contributed by atoms with Gasteiger partial charge in [-0.25, -0.2) is 13.8 Å². The Morgan fingerprint density at radius 2 is 2.00 bits per heavy atom. The highest BCUT2D eigenvalue weighted by molar-refractivity contribution is 5.92. The monoisotopic (exact) mass is 380 g/mol. The number of rotatable bonds is 6. The Labute approximate surface area is 150 Å². The van der Waals surface area contributed by atoms with E-state index in [9.17, 15) is 22.4 Å². The average molecular weight is 380 g/mol. The minimum atomic E-state index is -2.96. The molecule has 10 heteroatoms. The molecule has 2 aromatic heterocycles. The number of pyridine rings is 1. The van der Waals surface area contributed by atoms with Crippen LogP contribution in [0.1, 0.15) is 22.6 Å². The standard InChI is InChI=1S/C17H12F4N4O2/c18-11-3-4-14(12(19)8-11)27-16-10(2-1-6-22-16)9-23-15(26)13-5-7-24-25(13)17(20)21/h1-8,17H,9H2,(H,23,26).